The molecule has 0 bridgehead atoms. The smallest absolute Gasteiger partial charge is 0.172 e. The summed E-state index contributed by atoms with van der Waals surface area (Å²) in [5.74, 6) is -0.0812. The van der Waals surface area contributed by atoms with Crippen LogP contribution in [0.1, 0.15) is 32.1 Å². The third kappa shape index (κ3) is 1.56. The highest BCUT2D eigenvalue weighted by Gasteiger charge is 2.45. The van der Waals surface area contributed by atoms with Crippen molar-refractivity contribution in [3.63, 3.8) is 0 Å². The minimum absolute atomic E-state index is 0.300. The lowest BCUT2D eigenvalue weighted by Gasteiger charge is -2.38. The molecule has 1 atom stereocenters. The van der Waals surface area contributed by atoms with Gasteiger partial charge in [-0.05, 0) is 12.8 Å². The molecule has 1 saturated heterocycles. The quantitative estimate of drug-likeness (QED) is 0.619. The molecule has 3 nitrogen and oxygen atoms in total. The first-order valence-corrected chi connectivity index (χ1v) is 5.02. The molecule has 1 saturated carbocycles. The Bertz CT molecular complexity index is 215. The summed E-state index contributed by atoms with van der Waals surface area (Å²) in [6.07, 6.45) is 5.00. The Hall–Kier alpha value is -0.590. The van der Waals surface area contributed by atoms with Crippen molar-refractivity contribution in [2.75, 3.05) is 13.2 Å². The topological polar surface area (TPSA) is 42.2 Å². The molecule has 0 amide bonds. The first kappa shape index (κ1) is 8.98. The molecule has 0 unspecified atom stereocenters. The highest BCUT2D eigenvalue weighted by molar-refractivity contribution is 4.91. The molecule has 3 heteroatoms. The molecule has 2 aliphatic rings. The molecule has 1 spiro atoms. The summed E-state index contributed by atoms with van der Waals surface area (Å²) < 4.78 is 11.3. The lowest BCUT2D eigenvalue weighted by Crippen LogP contribution is -2.41. The molecule has 72 valence electrons. The Labute approximate surface area is 78.6 Å². The van der Waals surface area contributed by atoms with Crippen molar-refractivity contribution in [1.82, 2.24) is 0 Å². The van der Waals surface area contributed by atoms with E-state index in [9.17, 15) is 0 Å². The molecule has 0 radical (unpaired) electrons. The first-order chi connectivity index (χ1) is 6.37. The summed E-state index contributed by atoms with van der Waals surface area (Å²) in [6, 6.07) is 2.23. The van der Waals surface area contributed by atoms with Crippen molar-refractivity contribution >= 4 is 0 Å². The summed E-state index contributed by atoms with van der Waals surface area (Å²) >= 11 is 0. The summed E-state index contributed by atoms with van der Waals surface area (Å²) in [6.45, 7) is 1.39. The zero-order chi connectivity index (χ0) is 9.15. The van der Waals surface area contributed by atoms with E-state index in [-0.39, 0.29) is 5.79 Å². The SMILES string of the molecule is N#CC[C@@H]1CCCCC12OCCO2. The van der Waals surface area contributed by atoms with Gasteiger partial charge >= 0.3 is 0 Å². The molecule has 13 heavy (non-hydrogen) atoms. The van der Waals surface area contributed by atoms with Crippen LogP contribution in [0.2, 0.25) is 0 Å². The summed E-state index contributed by atoms with van der Waals surface area (Å²) in [7, 11) is 0. The molecule has 0 aromatic carbocycles. The maximum atomic E-state index is 8.70. The number of hydrogen-bond acceptors (Lipinski definition) is 3. The molecule has 2 rings (SSSR count). The van der Waals surface area contributed by atoms with E-state index >= 15 is 0 Å². The number of rotatable bonds is 1. The zero-order valence-corrected chi connectivity index (χ0v) is 7.79. The normalized spacial score (nSPS) is 31.8. The minimum atomic E-state index is -0.381. The summed E-state index contributed by atoms with van der Waals surface area (Å²) in [5.41, 5.74) is 0. The van der Waals surface area contributed by atoms with E-state index in [2.05, 4.69) is 6.07 Å². The second-order valence-corrected chi connectivity index (χ2v) is 3.81. The van der Waals surface area contributed by atoms with E-state index in [1.54, 1.807) is 0 Å². The standard InChI is InChI=1S/C10H15NO2/c11-6-4-9-3-1-2-5-10(9)12-7-8-13-10/h9H,1-5,7-8H2/t9-/m0/s1. The Morgan fingerprint density at radius 2 is 2.08 bits per heavy atom. The summed E-state index contributed by atoms with van der Waals surface area (Å²) in [4.78, 5) is 0. The van der Waals surface area contributed by atoms with Crippen molar-refractivity contribution < 1.29 is 9.47 Å². The van der Waals surface area contributed by atoms with Crippen LogP contribution < -0.4 is 0 Å². The molecule has 0 aromatic heterocycles. The fourth-order valence-electron chi connectivity index (χ4n) is 2.40. The van der Waals surface area contributed by atoms with Crippen LogP contribution in [0.5, 0.6) is 0 Å². The number of nitrogens with zero attached hydrogens (tertiary/aromatic N) is 1. The predicted molar refractivity (Wildman–Crippen MR) is 46.8 cm³/mol. The van der Waals surface area contributed by atoms with E-state index in [1.165, 1.54) is 12.8 Å². The van der Waals surface area contributed by atoms with Gasteiger partial charge in [0.25, 0.3) is 0 Å². The number of nitriles is 1. The van der Waals surface area contributed by atoms with Gasteiger partial charge in [0.15, 0.2) is 5.79 Å². The van der Waals surface area contributed by atoms with Crippen molar-refractivity contribution in [1.29, 1.82) is 5.26 Å². The maximum absolute atomic E-state index is 8.70. The fourth-order valence-corrected chi connectivity index (χ4v) is 2.40. The molecule has 0 aromatic rings. The molecular weight excluding hydrogens is 166 g/mol. The molecule has 2 fully saturated rings. The number of ether oxygens (including phenoxy) is 2. The van der Waals surface area contributed by atoms with E-state index in [0.717, 1.165) is 12.8 Å². The lowest BCUT2D eigenvalue weighted by atomic mass is 9.81. The minimum Gasteiger partial charge on any atom is -0.347 e. The molecule has 0 N–H and O–H groups in total. The Balaban J connectivity index is 2.08. The van der Waals surface area contributed by atoms with Crippen LogP contribution in [0.15, 0.2) is 0 Å². The van der Waals surface area contributed by atoms with Crippen LogP contribution >= 0.6 is 0 Å². The van der Waals surface area contributed by atoms with Crippen LogP contribution in [0.3, 0.4) is 0 Å². The van der Waals surface area contributed by atoms with Gasteiger partial charge in [0, 0.05) is 18.8 Å². The largest absolute Gasteiger partial charge is 0.347 e. The van der Waals surface area contributed by atoms with Gasteiger partial charge in [-0.2, -0.15) is 5.26 Å². The highest BCUT2D eigenvalue weighted by Crippen LogP contribution is 2.41. The Morgan fingerprint density at radius 1 is 1.31 bits per heavy atom. The Kier molecular flexibility index (Phi) is 2.52. The molecule has 1 aliphatic heterocycles. The van der Waals surface area contributed by atoms with Crippen LogP contribution in [0, 0.1) is 17.2 Å². The van der Waals surface area contributed by atoms with Crippen molar-refractivity contribution in [2.45, 2.75) is 37.9 Å². The number of hydrogen-bond donors (Lipinski definition) is 0. The van der Waals surface area contributed by atoms with Gasteiger partial charge in [-0.1, -0.05) is 6.42 Å². The average Bonchev–Trinajstić information content (AvgIpc) is 2.59. The highest BCUT2D eigenvalue weighted by atomic mass is 16.7. The van der Waals surface area contributed by atoms with E-state index in [4.69, 9.17) is 14.7 Å². The van der Waals surface area contributed by atoms with Gasteiger partial charge in [-0.25, -0.2) is 0 Å². The van der Waals surface area contributed by atoms with Gasteiger partial charge in [-0.15, -0.1) is 0 Å². The third-order valence-corrected chi connectivity index (χ3v) is 3.06. The van der Waals surface area contributed by atoms with Gasteiger partial charge in [-0.3, -0.25) is 0 Å². The van der Waals surface area contributed by atoms with Gasteiger partial charge in [0.05, 0.1) is 19.3 Å². The van der Waals surface area contributed by atoms with E-state index in [1.807, 2.05) is 0 Å². The van der Waals surface area contributed by atoms with Gasteiger partial charge in [0.1, 0.15) is 0 Å². The maximum Gasteiger partial charge on any atom is 0.172 e. The van der Waals surface area contributed by atoms with E-state index in [0.29, 0.717) is 25.6 Å². The summed E-state index contributed by atoms with van der Waals surface area (Å²) in [5, 5.41) is 8.70. The second-order valence-electron chi connectivity index (χ2n) is 3.81. The van der Waals surface area contributed by atoms with Crippen molar-refractivity contribution in [3.8, 4) is 6.07 Å². The molecule has 1 aliphatic carbocycles. The predicted octanol–water partition coefficient (Wildman–Crippen LogP) is 1.83. The van der Waals surface area contributed by atoms with Crippen molar-refractivity contribution in [3.05, 3.63) is 0 Å². The van der Waals surface area contributed by atoms with Crippen molar-refractivity contribution in [2.24, 2.45) is 5.92 Å². The van der Waals surface area contributed by atoms with Crippen LogP contribution in [-0.2, 0) is 9.47 Å². The van der Waals surface area contributed by atoms with Crippen LogP contribution in [0.25, 0.3) is 0 Å². The van der Waals surface area contributed by atoms with Crippen LogP contribution in [-0.4, -0.2) is 19.0 Å². The zero-order valence-electron chi connectivity index (χ0n) is 7.79. The fraction of sp³-hybridized carbons (Fsp3) is 0.900. The van der Waals surface area contributed by atoms with Gasteiger partial charge in [0.2, 0.25) is 0 Å². The monoisotopic (exact) mass is 181 g/mol. The Morgan fingerprint density at radius 3 is 2.77 bits per heavy atom. The molecular formula is C10H15NO2. The van der Waals surface area contributed by atoms with Crippen LogP contribution in [0.4, 0.5) is 0 Å². The lowest BCUT2D eigenvalue weighted by molar-refractivity contribution is -0.211. The average molecular weight is 181 g/mol. The first-order valence-electron chi connectivity index (χ1n) is 5.02. The molecule has 1 heterocycles. The van der Waals surface area contributed by atoms with E-state index < -0.39 is 0 Å². The third-order valence-electron chi connectivity index (χ3n) is 3.06. The van der Waals surface area contributed by atoms with Gasteiger partial charge < -0.3 is 9.47 Å². The second kappa shape index (κ2) is 3.65.